The molecule has 0 saturated heterocycles. The second-order valence-corrected chi connectivity index (χ2v) is 2.93. The fourth-order valence-corrected chi connectivity index (χ4v) is 0.885. The van der Waals surface area contributed by atoms with Gasteiger partial charge in [-0.15, -0.1) is 0 Å². The second-order valence-electron chi connectivity index (χ2n) is 1.66. The average molecular weight is 136 g/mol. The number of hydrogen-bond donors (Lipinski definition) is 2. The first-order valence-electron chi connectivity index (χ1n) is 2.59. The van der Waals surface area contributed by atoms with Crippen LogP contribution in [0.15, 0.2) is 0 Å². The van der Waals surface area contributed by atoms with Crippen LogP contribution in [0.25, 0.3) is 0 Å². The third kappa shape index (κ3) is 3.08. The largest absolute Gasteiger partial charge is 0.524 e. The summed E-state index contributed by atoms with van der Waals surface area (Å²) in [6.45, 7) is 1.93. The van der Waals surface area contributed by atoms with Gasteiger partial charge in [-0.1, -0.05) is 13.3 Å². The fourth-order valence-electron chi connectivity index (χ4n) is 0.406. The van der Waals surface area contributed by atoms with E-state index < -0.39 is 13.8 Å². The van der Waals surface area contributed by atoms with Crippen molar-refractivity contribution in [3.63, 3.8) is 0 Å². The molecule has 0 aromatic carbocycles. The topological polar surface area (TPSA) is 63.3 Å². The first-order chi connectivity index (χ1) is 3.68. The molecule has 0 aliphatic rings. The van der Waals surface area contributed by atoms with Gasteiger partial charge in [-0.3, -0.25) is 5.73 Å². The van der Waals surface area contributed by atoms with Gasteiger partial charge in [0, 0.05) is 6.42 Å². The SMILES string of the molecule is CCCC(N)[P+](=O)O. The summed E-state index contributed by atoms with van der Waals surface area (Å²) in [5.41, 5.74) is 5.19. The molecule has 0 aliphatic heterocycles. The van der Waals surface area contributed by atoms with Gasteiger partial charge in [-0.05, 0) is 4.57 Å². The summed E-state index contributed by atoms with van der Waals surface area (Å²) in [6.07, 6.45) is 1.49. The molecule has 0 spiro atoms. The van der Waals surface area contributed by atoms with E-state index in [9.17, 15) is 4.57 Å². The van der Waals surface area contributed by atoms with E-state index in [0.29, 0.717) is 6.42 Å². The summed E-state index contributed by atoms with van der Waals surface area (Å²) in [5.74, 6) is -0.519. The zero-order valence-corrected chi connectivity index (χ0v) is 5.77. The van der Waals surface area contributed by atoms with Gasteiger partial charge in [0.2, 0.25) is 5.78 Å². The lowest BCUT2D eigenvalue weighted by Gasteiger charge is -1.90. The minimum atomic E-state index is -2.14. The smallest absolute Gasteiger partial charge is 0.285 e. The van der Waals surface area contributed by atoms with Crippen LogP contribution in [0.4, 0.5) is 0 Å². The van der Waals surface area contributed by atoms with Crippen molar-refractivity contribution in [2.45, 2.75) is 25.5 Å². The third-order valence-electron chi connectivity index (χ3n) is 0.868. The van der Waals surface area contributed by atoms with E-state index in [4.69, 9.17) is 10.6 Å². The van der Waals surface area contributed by atoms with Crippen LogP contribution >= 0.6 is 8.03 Å². The van der Waals surface area contributed by atoms with E-state index in [1.165, 1.54) is 0 Å². The Morgan fingerprint density at radius 3 is 2.50 bits per heavy atom. The van der Waals surface area contributed by atoms with Gasteiger partial charge >= 0.3 is 8.03 Å². The summed E-state index contributed by atoms with van der Waals surface area (Å²) in [6, 6.07) is 0. The van der Waals surface area contributed by atoms with Gasteiger partial charge in [0.1, 0.15) is 0 Å². The molecule has 4 heteroatoms. The van der Waals surface area contributed by atoms with Crippen molar-refractivity contribution in [3.8, 4) is 0 Å². The molecule has 48 valence electrons. The lowest BCUT2D eigenvalue weighted by atomic mass is 10.3. The van der Waals surface area contributed by atoms with Crippen molar-refractivity contribution in [2.24, 2.45) is 5.73 Å². The Hall–Kier alpha value is 0.0200. The zero-order valence-electron chi connectivity index (χ0n) is 4.87. The third-order valence-corrected chi connectivity index (χ3v) is 1.69. The van der Waals surface area contributed by atoms with Crippen LogP contribution in [0.5, 0.6) is 0 Å². The van der Waals surface area contributed by atoms with E-state index in [0.717, 1.165) is 6.42 Å². The van der Waals surface area contributed by atoms with Gasteiger partial charge in [-0.2, -0.15) is 4.89 Å². The molecule has 0 aromatic heterocycles. The minimum Gasteiger partial charge on any atom is -0.285 e. The average Bonchev–Trinajstić information content (AvgIpc) is 1.67. The Morgan fingerprint density at radius 1 is 1.88 bits per heavy atom. The molecule has 0 saturated carbocycles. The van der Waals surface area contributed by atoms with E-state index >= 15 is 0 Å². The van der Waals surface area contributed by atoms with Crippen LogP contribution in [0.2, 0.25) is 0 Å². The van der Waals surface area contributed by atoms with E-state index in [-0.39, 0.29) is 0 Å². The van der Waals surface area contributed by atoms with Crippen molar-refractivity contribution in [2.75, 3.05) is 0 Å². The molecule has 0 aliphatic carbocycles. The molecule has 0 aromatic rings. The van der Waals surface area contributed by atoms with Crippen LogP contribution in [-0.4, -0.2) is 10.7 Å². The van der Waals surface area contributed by atoms with E-state index in [1.807, 2.05) is 6.92 Å². The van der Waals surface area contributed by atoms with Gasteiger partial charge in [-0.25, -0.2) is 0 Å². The molecule has 0 rings (SSSR count). The highest BCUT2D eigenvalue weighted by Crippen LogP contribution is 2.20. The minimum absolute atomic E-state index is 0.519. The van der Waals surface area contributed by atoms with Gasteiger partial charge < -0.3 is 0 Å². The van der Waals surface area contributed by atoms with Crippen LogP contribution in [-0.2, 0) is 4.57 Å². The number of rotatable bonds is 3. The molecule has 2 atom stereocenters. The quantitative estimate of drug-likeness (QED) is 0.564. The Balaban J connectivity index is 3.32. The van der Waals surface area contributed by atoms with Crippen LogP contribution in [0.1, 0.15) is 19.8 Å². The molecular formula is C4H11NO2P+. The van der Waals surface area contributed by atoms with Gasteiger partial charge in [0.15, 0.2) is 0 Å². The van der Waals surface area contributed by atoms with E-state index in [1.54, 1.807) is 0 Å². The molecular weight excluding hydrogens is 125 g/mol. The van der Waals surface area contributed by atoms with Gasteiger partial charge in [0.05, 0.1) is 0 Å². The molecule has 2 unspecified atom stereocenters. The monoisotopic (exact) mass is 136 g/mol. The number of nitrogens with two attached hydrogens (primary N) is 1. The molecule has 0 amide bonds. The van der Waals surface area contributed by atoms with Crippen LogP contribution < -0.4 is 5.73 Å². The summed E-state index contributed by atoms with van der Waals surface area (Å²) < 4.78 is 10.1. The highest BCUT2D eigenvalue weighted by molar-refractivity contribution is 7.38. The lowest BCUT2D eigenvalue weighted by Crippen LogP contribution is -2.13. The molecule has 0 heterocycles. The maximum atomic E-state index is 10.1. The maximum absolute atomic E-state index is 10.1. The molecule has 0 bridgehead atoms. The predicted molar refractivity (Wildman–Crippen MR) is 32.7 cm³/mol. The fraction of sp³-hybridized carbons (Fsp3) is 1.00. The normalized spacial score (nSPS) is 15.6. The predicted octanol–water partition coefficient (Wildman–Crippen LogP) is 0.806. The van der Waals surface area contributed by atoms with E-state index in [2.05, 4.69) is 0 Å². The highest BCUT2D eigenvalue weighted by Gasteiger charge is 2.21. The Morgan fingerprint density at radius 2 is 2.38 bits per heavy atom. The highest BCUT2D eigenvalue weighted by atomic mass is 31.1. The van der Waals surface area contributed by atoms with Crippen LogP contribution in [0.3, 0.4) is 0 Å². The Kier molecular flexibility index (Phi) is 3.97. The second kappa shape index (κ2) is 3.96. The lowest BCUT2D eigenvalue weighted by molar-refractivity contribution is 0.484. The maximum Gasteiger partial charge on any atom is 0.524 e. The standard InChI is InChI=1S/C4H10NO2P/c1-2-3-4(5)8(6)7/h4H,2-3,5H2,1H3/p+1. The summed E-state index contributed by atoms with van der Waals surface area (Å²) in [5, 5.41) is 0. The van der Waals surface area contributed by atoms with Gasteiger partial charge in [0.25, 0.3) is 0 Å². The van der Waals surface area contributed by atoms with Crippen LogP contribution in [0, 0.1) is 0 Å². The molecule has 3 nitrogen and oxygen atoms in total. The molecule has 0 radical (unpaired) electrons. The van der Waals surface area contributed by atoms with Crippen molar-refractivity contribution >= 4 is 8.03 Å². The zero-order chi connectivity index (χ0) is 6.57. The van der Waals surface area contributed by atoms with Crippen molar-refractivity contribution in [1.82, 2.24) is 0 Å². The molecule has 8 heavy (non-hydrogen) atoms. The number of hydrogen-bond acceptors (Lipinski definition) is 2. The molecule has 3 N–H and O–H groups in total. The first-order valence-corrected chi connectivity index (χ1v) is 3.87. The summed E-state index contributed by atoms with van der Waals surface area (Å²) in [4.78, 5) is 8.34. The Labute approximate surface area is 49.8 Å². The Bertz CT molecular complexity index is 86.1. The first kappa shape index (κ1) is 8.02. The summed E-state index contributed by atoms with van der Waals surface area (Å²) >= 11 is 0. The van der Waals surface area contributed by atoms with Crippen molar-refractivity contribution < 1.29 is 9.46 Å². The van der Waals surface area contributed by atoms with Crippen molar-refractivity contribution in [1.29, 1.82) is 0 Å². The summed E-state index contributed by atoms with van der Waals surface area (Å²) in [7, 11) is -2.14. The van der Waals surface area contributed by atoms with Crippen molar-refractivity contribution in [3.05, 3.63) is 0 Å². The molecule has 0 fully saturated rings.